The van der Waals surface area contributed by atoms with E-state index in [2.05, 4.69) is 19.2 Å². The highest BCUT2D eigenvalue weighted by molar-refractivity contribution is 7.88. The maximum atomic E-state index is 11.6. The molecule has 1 aromatic carbocycles. The van der Waals surface area contributed by atoms with Crippen LogP contribution in [0.1, 0.15) is 5.56 Å². The van der Waals surface area contributed by atoms with Crippen LogP contribution in [0.4, 0.5) is 0 Å². The highest BCUT2D eigenvalue weighted by Gasteiger charge is 2.17. The molecule has 0 saturated carbocycles. The van der Waals surface area contributed by atoms with E-state index in [0.29, 0.717) is 4.90 Å². The maximum absolute atomic E-state index is 11.6. The Bertz CT molecular complexity index is 464. The Labute approximate surface area is 95.3 Å². The Hall–Kier alpha value is -0.780. The molecule has 0 aliphatic rings. The van der Waals surface area contributed by atoms with Gasteiger partial charge < -0.3 is 0 Å². The van der Waals surface area contributed by atoms with Gasteiger partial charge in [0.15, 0.2) is 0 Å². The minimum Gasteiger partial charge on any atom is -0.262 e. The first kappa shape index (κ1) is 12.3. The van der Waals surface area contributed by atoms with E-state index in [9.17, 15) is 8.42 Å². The second-order valence-corrected chi connectivity index (χ2v) is 5.06. The zero-order valence-corrected chi connectivity index (χ0v) is 10.0. The molecule has 0 N–H and O–H groups in total. The van der Waals surface area contributed by atoms with E-state index in [1.807, 2.05) is 6.92 Å². The zero-order chi connectivity index (χ0) is 11.5. The average molecular weight is 244 g/mol. The molecule has 0 aromatic heterocycles. The summed E-state index contributed by atoms with van der Waals surface area (Å²) in [6.07, 6.45) is 1.38. The van der Waals surface area contributed by atoms with Crippen molar-refractivity contribution in [1.82, 2.24) is 0 Å². The molecular weight excluding hydrogens is 232 g/mol. The van der Waals surface area contributed by atoms with Crippen LogP contribution in [0.5, 0.6) is 0 Å². The molecule has 0 heterocycles. The van der Waals surface area contributed by atoms with Crippen molar-refractivity contribution in [2.24, 2.45) is 0 Å². The van der Waals surface area contributed by atoms with Gasteiger partial charge >= 0.3 is 0 Å². The smallest absolute Gasteiger partial charge is 0.262 e. The van der Waals surface area contributed by atoms with Gasteiger partial charge in [0.2, 0.25) is 0 Å². The van der Waals surface area contributed by atoms with Crippen LogP contribution in [-0.2, 0) is 14.3 Å². The van der Waals surface area contributed by atoms with Crippen LogP contribution in [-0.4, -0.2) is 15.0 Å². The van der Waals surface area contributed by atoms with Gasteiger partial charge in [-0.3, -0.25) is 4.18 Å². The molecule has 1 aromatic rings. The highest BCUT2D eigenvalue weighted by Crippen LogP contribution is 2.22. The lowest BCUT2D eigenvalue weighted by Gasteiger charge is -2.06. The first-order valence-corrected chi connectivity index (χ1v) is 6.13. The summed E-state index contributed by atoms with van der Waals surface area (Å²) in [5.74, 6) is 0. The minimum absolute atomic E-state index is 0.0383. The molecule has 0 aliphatic heterocycles. The van der Waals surface area contributed by atoms with Crippen molar-refractivity contribution < 1.29 is 12.6 Å². The number of hydrogen-bond donors (Lipinski definition) is 1. The molecule has 0 spiro atoms. The van der Waals surface area contributed by atoms with Crippen molar-refractivity contribution in [3.05, 3.63) is 36.4 Å². The molecule has 82 valence electrons. The van der Waals surface area contributed by atoms with E-state index >= 15 is 0 Å². The normalized spacial score (nSPS) is 11.3. The van der Waals surface area contributed by atoms with Crippen LogP contribution >= 0.6 is 12.6 Å². The van der Waals surface area contributed by atoms with Crippen LogP contribution < -0.4 is 0 Å². The van der Waals surface area contributed by atoms with Gasteiger partial charge in [0.25, 0.3) is 10.1 Å². The molecule has 3 nitrogen and oxygen atoms in total. The van der Waals surface area contributed by atoms with Gasteiger partial charge in [-0.15, -0.1) is 19.2 Å². The van der Waals surface area contributed by atoms with Gasteiger partial charge in [0.05, 0.1) is 6.61 Å². The first-order chi connectivity index (χ1) is 6.97. The summed E-state index contributed by atoms with van der Waals surface area (Å²) < 4.78 is 27.9. The fraction of sp³-hybridized carbons (Fsp3) is 0.200. The summed E-state index contributed by atoms with van der Waals surface area (Å²) in [5.41, 5.74) is 0.947. The standard InChI is InChI=1S/C10H12O3S2/c1-3-6-13-15(11,12)10-5-4-8(2)7-9(10)14/h3-5,7,14H,1,6H2,2H3. The number of aryl methyl sites for hydroxylation is 1. The van der Waals surface area contributed by atoms with Crippen molar-refractivity contribution in [1.29, 1.82) is 0 Å². The fourth-order valence-electron chi connectivity index (χ4n) is 1.04. The predicted octanol–water partition coefficient (Wildman–Crippen LogP) is 2.18. The summed E-state index contributed by atoms with van der Waals surface area (Å²) in [5, 5.41) is 0. The van der Waals surface area contributed by atoms with Crippen LogP contribution in [0.2, 0.25) is 0 Å². The lowest BCUT2D eigenvalue weighted by Crippen LogP contribution is -2.07. The fourth-order valence-corrected chi connectivity index (χ4v) is 2.61. The molecule has 1 rings (SSSR count). The Balaban J connectivity index is 3.10. The van der Waals surface area contributed by atoms with Gasteiger partial charge in [-0.25, -0.2) is 0 Å². The molecule has 0 radical (unpaired) electrons. The van der Waals surface area contributed by atoms with E-state index in [4.69, 9.17) is 4.18 Å². The van der Waals surface area contributed by atoms with Crippen LogP contribution in [0.25, 0.3) is 0 Å². The SMILES string of the molecule is C=CCOS(=O)(=O)c1ccc(C)cc1S. The van der Waals surface area contributed by atoms with E-state index in [1.54, 1.807) is 12.1 Å². The second-order valence-electron chi connectivity index (χ2n) is 3.00. The number of thiol groups is 1. The van der Waals surface area contributed by atoms with Crippen molar-refractivity contribution in [2.75, 3.05) is 6.61 Å². The molecule has 15 heavy (non-hydrogen) atoms. The molecule has 0 bridgehead atoms. The van der Waals surface area contributed by atoms with E-state index in [1.165, 1.54) is 12.1 Å². The molecular formula is C10H12O3S2. The van der Waals surface area contributed by atoms with E-state index in [0.717, 1.165) is 5.56 Å². The summed E-state index contributed by atoms with van der Waals surface area (Å²) in [6.45, 7) is 5.21. The summed E-state index contributed by atoms with van der Waals surface area (Å²) in [7, 11) is -3.72. The van der Waals surface area contributed by atoms with E-state index < -0.39 is 10.1 Å². The molecule has 5 heteroatoms. The van der Waals surface area contributed by atoms with Gasteiger partial charge in [-0.1, -0.05) is 12.1 Å². The van der Waals surface area contributed by atoms with Crippen molar-refractivity contribution in [3.8, 4) is 0 Å². The quantitative estimate of drug-likeness (QED) is 0.501. The largest absolute Gasteiger partial charge is 0.298 e. The third-order valence-electron chi connectivity index (χ3n) is 1.72. The third kappa shape index (κ3) is 3.09. The maximum Gasteiger partial charge on any atom is 0.298 e. The third-order valence-corrected chi connectivity index (χ3v) is 3.59. The number of benzene rings is 1. The monoisotopic (exact) mass is 244 g/mol. The Morgan fingerprint density at radius 2 is 2.20 bits per heavy atom. The summed E-state index contributed by atoms with van der Waals surface area (Å²) >= 11 is 4.10. The molecule has 0 aliphatic carbocycles. The minimum atomic E-state index is -3.72. The van der Waals surface area contributed by atoms with Gasteiger partial charge in [-0.2, -0.15) is 8.42 Å². The van der Waals surface area contributed by atoms with Gasteiger partial charge in [-0.05, 0) is 24.6 Å². The Morgan fingerprint density at radius 3 is 2.73 bits per heavy atom. The highest BCUT2D eigenvalue weighted by atomic mass is 32.2. The molecule has 0 saturated heterocycles. The lowest BCUT2D eigenvalue weighted by molar-refractivity contribution is 0.356. The van der Waals surface area contributed by atoms with Gasteiger partial charge in [0.1, 0.15) is 4.90 Å². The van der Waals surface area contributed by atoms with Crippen LogP contribution in [0.3, 0.4) is 0 Å². The van der Waals surface area contributed by atoms with Crippen molar-refractivity contribution in [3.63, 3.8) is 0 Å². The number of rotatable bonds is 4. The predicted molar refractivity (Wildman–Crippen MR) is 61.8 cm³/mol. The topological polar surface area (TPSA) is 43.4 Å². The van der Waals surface area contributed by atoms with Crippen LogP contribution in [0, 0.1) is 6.92 Å². The Kier molecular flexibility index (Phi) is 3.96. The molecule has 0 fully saturated rings. The summed E-state index contributed by atoms with van der Waals surface area (Å²) in [4.78, 5) is 0.470. The molecule has 0 amide bonds. The average Bonchev–Trinajstić information content (AvgIpc) is 2.14. The number of hydrogen-bond acceptors (Lipinski definition) is 4. The first-order valence-electron chi connectivity index (χ1n) is 4.27. The van der Waals surface area contributed by atoms with Crippen molar-refractivity contribution in [2.45, 2.75) is 16.7 Å². The van der Waals surface area contributed by atoms with E-state index in [-0.39, 0.29) is 11.5 Å². The van der Waals surface area contributed by atoms with Gasteiger partial charge in [0, 0.05) is 4.90 Å². The second kappa shape index (κ2) is 4.83. The lowest BCUT2D eigenvalue weighted by atomic mass is 10.2. The zero-order valence-electron chi connectivity index (χ0n) is 8.30. The molecule has 0 unspecified atom stereocenters. The van der Waals surface area contributed by atoms with Crippen LogP contribution in [0.15, 0.2) is 40.6 Å². The molecule has 0 atom stereocenters. The summed E-state index contributed by atoms with van der Waals surface area (Å²) in [6, 6.07) is 4.85. The Morgan fingerprint density at radius 1 is 1.53 bits per heavy atom. The van der Waals surface area contributed by atoms with Crippen molar-refractivity contribution >= 4 is 22.7 Å².